The predicted octanol–water partition coefficient (Wildman–Crippen LogP) is 1.85. The van der Waals surface area contributed by atoms with E-state index in [9.17, 15) is 14.7 Å². The summed E-state index contributed by atoms with van der Waals surface area (Å²) in [5.41, 5.74) is 1.04. The third-order valence-corrected chi connectivity index (χ3v) is 4.40. The van der Waals surface area contributed by atoms with Crippen LogP contribution in [0.3, 0.4) is 0 Å². The Bertz CT molecular complexity index is 834. The third-order valence-electron chi connectivity index (χ3n) is 3.10. The molecule has 2 heterocycles. The minimum Gasteiger partial charge on any atom is -0.545 e. The number of thioether (sulfide) groups is 1. The number of carboxylic acids is 1. The maximum Gasteiger partial charge on any atom is 0.270 e. The summed E-state index contributed by atoms with van der Waals surface area (Å²) in [6.45, 7) is 0. The number of nitrogens with zero attached hydrogens (tertiary/aromatic N) is 2. The van der Waals surface area contributed by atoms with Gasteiger partial charge in [-0.05, 0) is 35.9 Å². The van der Waals surface area contributed by atoms with E-state index < -0.39 is 5.97 Å². The Labute approximate surface area is 141 Å². The predicted molar refractivity (Wildman–Crippen MR) is 90.7 cm³/mol. The number of carboxylic acid groups (broad SMARTS) is 1. The van der Waals surface area contributed by atoms with Crippen LogP contribution in [-0.2, 0) is 4.79 Å². The number of rotatable bonds is 3. The number of aromatic nitrogens is 1. The monoisotopic (exact) mass is 341 g/mol. The molecule has 1 fully saturated rings. The lowest BCUT2D eigenvalue weighted by Gasteiger charge is -2.15. The summed E-state index contributed by atoms with van der Waals surface area (Å²) in [7, 11) is 0. The summed E-state index contributed by atoms with van der Waals surface area (Å²) in [6.07, 6.45) is 3.29. The number of thiocarbonyl (C=S) groups is 1. The van der Waals surface area contributed by atoms with Crippen molar-refractivity contribution in [2.75, 3.05) is 4.90 Å². The Morgan fingerprint density at radius 3 is 2.78 bits per heavy atom. The van der Waals surface area contributed by atoms with Gasteiger partial charge in [-0.25, -0.2) is 0 Å². The minimum atomic E-state index is -1.30. The van der Waals surface area contributed by atoms with Crippen LogP contribution in [0.2, 0.25) is 0 Å². The zero-order chi connectivity index (χ0) is 16.4. The maximum atomic E-state index is 12.6. The van der Waals surface area contributed by atoms with Crippen LogP contribution in [0.1, 0.15) is 16.1 Å². The third kappa shape index (κ3) is 3.15. The van der Waals surface area contributed by atoms with E-state index in [-0.39, 0.29) is 11.5 Å². The summed E-state index contributed by atoms with van der Waals surface area (Å²) in [4.78, 5) is 29.4. The van der Waals surface area contributed by atoms with Crippen LogP contribution in [-0.4, -0.2) is 21.2 Å². The molecular formula is C16H9N2O3S2-. The molecule has 0 saturated carbocycles. The fourth-order valence-corrected chi connectivity index (χ4v) is 3.34. The van der Waals surface area contributed by atoms with E-state index in [1.807, 2.05) is 6.07 Å². The Balaban J connectivity index is 1.95. The second-order valence-electron chi connectivity index (χ2n) is 4.61. The highest BCUT2D eigenvalue weighted by Crippen LogP contribution is 2.35. The van der Waals surface area contributed by atoms with Crippen LogP contribution >= 0.6 is 24.0 Å². The van der Waals surface area contributed by atoms with Crippen molar-refractivity contribution < 1.29 is 14.7 Å². The molecule has 0 bridgehead atoms. The van der Waals surface area contributed by atoms with Gasteiger partial charge in [0.15, 0.2) is 4.32 Å². The van der Waals surface area contributed by atoms with E-state index in [0.29, 0.717) is 20.6 Å². The number of benzene rings is 1. The van der Waals surface area contributed by atoms with Crippen molar-refractivity contribution in [3.63, 3.8) is 0 Å². The number of carbonyl (C=O) groups excluding carboxylic acids is 2. The van der Waals surface area contributed by atoms with Gasteiger partial charge in [-0.3, -0.25) is 14.7 Å². The molecule has 1 aromatic heterocycles. The Morgan fingerprint density at radius 2 is 2.09 bits per heavy atom. The van der Waals surface area contributed by atoms with E-state index in [1.165, 1.54) is 17.0 Å². The van der Waals surface area contributed by atoms with Gasteiger partial charge in [-0.1, -0.05) is 42.2 Å². The van der Waals surface area contributed by atoms with Gasteiger partial charge in [0.2, 0.25) is 0 Å². The number of aromatic carboxylic acids is 1. The van der Waals surface area contributed by atoms with Crippen molar-refractivity contribution in [2.45, 2.75) is 0 Å². The Morgan fingerprint density at radius 1 is 1.26 bits per heavy atom. The van der Waals surface area contributed by atoms with Crippen molar-refractivity contribution in [1.82, 2.24) is 4.98 Å². The Hall–Kier alpha value is -2.51. The lowest BCUT2D eigenvalue weighted by molar-refractivity contribution is -0.255. The fraction of sp³-hybridized carbons (Fsp3) is 0. The lowest BCUT2D eigenvalue weighted by Crippen LogP contribution is -2.28. The van der Waals surface area contributed by atoms with Crippen LogP contribution < -0.4 is 10.0 Å². The van der Waals surface area contributed by atoms with Crippen LogP contribution in [0.4, 0.5) is 5.69 Å². The molecule has 0 aliphatic carbocycles. The van der Waals surface area contributed by atoms with Crippen LogP contribution in [0.15, 0.2) is 53.6 Å². The lowest BCUT2D eigenvalue weighted by atomic mass is 10.2. The molecule has 0 atom stereocenters. The zero-order valence-electron chi connectivity index (χ0n) is 11.6. The number of hydrogen-bond donors (Lipinski definition) is 0. The molecule has 2 aromatic rings. The molecule has 0 spiro atoms. The summed E-state index contributed by atoms with van der Waals surface area (Å²) in [5, 5.41) is 11.0. The second kappa shape index (κ2) is 6.31. The second-order valence-corrected chi connectivity index (χ2v) is 6.29. The summed E-state index contributed by atoms with van der Waals surface area (Å²) in [6, 6.07) is 11.3. The van der Waals surface area contributed by atoms with Crippen molar-refractivity contribution in [2.24, 2.45) is 0 Å². The fourth-order valence-electron chi connectivity index (χ4n) is 2.06. The normalized spacial score (nSPS) is 16.2. The molecule has 1 amide bonds. The summed E-state index contributed by atoms with van der Waals surface area (Å²) in [5.74, 6) is -1.61. The molecule has 7 heteroatoms. The first-order chi connectivity index (χ1) is 11.1. The number of anilines is 1. The van der Waals surface area contributed by atoms with E-state index in [2.05, 4.69) is 4.98 Å². The number of pyridine rings is 1. The van der Waals surface area contributed by atoms with Gasteiger partial charge in [0, 0.05) is 6.20 Å². The molecule has 0 N–H and O–H groups in total. The average molecular weight is 341 g/mol. The topological polar surface area (TPSA) is 73.3 Å². The first-order valence-corrected chi connectivity index (χ1v) is 7.79. The largest absolute Gasteiger partial charge is 0.545 e. The first kappa shape index (κ1) is 15.4. The van der Waals surface area contributed by atoms with Gasteiger partial charge in [-0.2, -0.15) is 0 Å². The van der Waals surface area contributed by atoms with Crippen LogP contribution in [0.5, 0.6) is 0 Å². The van der Waals surface area contributed by atoms with Gasteiger partial charge < -0.3 is 9.90 Å². The van der Waals surface area contributed by atoms with Crippen molar-refractivity contribution in [3.8, 4) is 0 Å². The average Bonchev–Trinajstić information content (AvgIpc) is 2.82. The van der Waals surface area contributed by atoms with E-state index in [1.54, 1.807) is 36.5 Å². The van der Waals surface area contributed by atoms with Crippen molar-refractivity contribution >= 4 is 51.9 Å². The number of amides is 1. The molecule has 5 nitrogen and oxygen atoms in total. The van der Waals surface area contributed by atoms with E-state index in [0.717, 1.165) is 11.8 Å². The highest BCUT2D eigenvalue weighted by Gasteiger charge is 2.33. The molecule has 0 unspecified atom stereocenters. The molecule has 1 aliphatic heterocycles. The SMILES string of the molecule is O=C([O-])c1cccc(N2C(=O)/C(=C/c3ccccn3)SC2=S)c1. The molecule has 1 aliphatic rings. The van der Waals surface area contributed by atoms with Gasteiger partial charge >= 0.3 is 0 Å². The van der Waals surface area contributed by atoms with Gasteiger partial charge in [0.25, 0.3) is 5.91 Å². The highest BCUT2D eigenvalue weighted by atomic mass is 32.2. The maximum absolute atomic E-state index is 12.6. The minimum absolute atomic E-state index is 0.00902. The molecule has 1 aromatic carbocycles. The quantitative estimate of drug-likeness (QED) is 0.627. The smallest absolute Gasteiger partial charge is 0.270 e. The standard InChI is InChI=1S/C16H10N2O3S2/c19-14-13(9-11-5-1-2-7-17-11)23-16(22)18(14)12-6-3-4-10(8-12)15(20)21/h1-9H,(H,20,21)/p-1/b13-9-. The zero-order valence-corrected chi connectivity index (χ0v) is 13.3. The molecule has 1 saturated heterocycles. The molecule has 3 rings (SSSR count). The molecular weight excluding hydrogens is 332 g/mol. The van der Waals surface area contributed by atoms with E-state index in [4.69, 9.17) is 12.2 Å². The first-order valence-electron chi connectivity index (χ1n) is 6.56. The van der Waals surface area contributed by atoms with Crippen LogP contribution in [0, 0.1) is 0 Å². The van der Waals surface area contributed by atoms with Gasteiger partial charge in [0.1, 0.15) is 0 Å². The van der Waals surface area contributed by atoms with Crippen LogP contribution in [0.25, 0.3) is 6.08 Å². The van der Waals surface area contributed by atoms with Gasteiger partial charge in [0.05, 0.1) is 22.3 Å². The highest BCUT2D eigenvalue weighted by molar-refractivity contribution is 8.27. The summed E-state index contributed by atoms with van der Waals surface area (Å²) < 4.78 is 0.340. The van der Waals surface area contributed by atoms with Crippen molar-refractivity contribution in [3.05, 3.63) is 64.8 Å². The van der Waals surface area contributed by atoms with Crippen molar-refractivity contribution in [1.29, 1.82) is 0 Å². The number of hydrogen-bond acceptors (Lipinski definition) is 6. The molecule has 23 heavy (non-hydrogen) atoms. The summed E-state index contributed by atoms with van der Waals surface area (Å²) >= 11 is 6.40. The van der Waals surface area contributed by atoms with E-state index >= 15 is 0 Å². The molecule has 0 radical (unpaired) electrons. The molecule has 114 valence electrons. The van der Waals surface area contributed by atoms with Gasteiger partial charge in [-0.15, -0.1) is 0 Å². The number of carbonyl (C=O) groups is 2. The Kier molecular flexibility index (Phi) is 4.22.